The molecule has 2 atom stereocenters. The van der Waals surface area contributed by atoms with Crippen molar-refractivity contribution in [2.75, 3.05) is 0 Å². The van der Waals surface area contributed by atoms with Gasteiger partial charge in [0.1, 0.15) is 5.54 Å². The third-order valence-electron chi connectivity index (χ3n) is 4.91. The molecule has 0 radical (unpaired) electrons. The highest BCUT2D eigenvalue weighted by molar-refractivity contribution is 5.80. The van der Waals surface area contributed by atoms with Crippen LogP contribution in [0.15, 0.2) is 34.9 Å². The number of carbonyl (C=O) groups excluding carboxylic acids is 1. The van der Waals surface area contributed by atoms with Crippen LogP contribution in [0.25, 0.3) is 0 Å². The Labute approximate surface area is 141 Å². The molecule has 1 saturated carbocycles. The lowest BCUT2D eigenvalue weighted by Gasteiger charge is -2.30. The Hall–Kier alpha value is -2.21. The zero-order valence-electron chi connectivity index (χ0n) is 14.2. The van der Waals surface area contributed by atoms with Crippen molar-refractivity contribution in [1.82, 2.24) is 15.5 Å². The SMILES string of the molecule is Cc1nc(C2(NC(=O)C(C)C(N)c3ccccc3)CCCC2)no1. The molecule has 1 fully saturated rings. The molecule has 6 heteroatoms. The number of aromatic nitrogens is 2. The van der Waals surface area contributed by atoms with Gasteiger partial charge in [-0.2, -0.15) is 4.98 Å². The molecule has 1 aromatic heterocycles. The highest BCUT2D eigenvalue weighted by Crippen LogP contribution is 2.37. The summed E-state index contributed by atoms with van der Waals surface area (Å²) in [5.74, 6) is 0.666. The third kappa shape index (κ3) is 3.19. The maximum atomic E-state index is 12.8. The molecule has 24 heavy (non-hydrogen) atoms. The number of carbonyl (C=O) groups is 1. The first-order valence-electron chi connectivity index (χ1n) is 8.45. The zero-order chi connectivity index (χ0) is 17.2. The summed E-state index contributed by atoms with van der Waals surface area (Å²) >= 11 is 0. The van der Waals surface area contributed by atoms with Crippen LogP contribution in [0.5, 0.6) is 0 Å². The van der Waals surface area contributed by atoms with E-state index < -0.39 is 5.54 Å². The molecule has 0 aliphatic heterocycles. The van der Waals surface area contributed by atoms with Crippen molar-refractivity contribution in [2.45, 2.75) is 51.1 Å². The molecular formula is C18H24N4O2. The Kier molecular flexibility index (Phi) is 4.66. The fourth-order valence-electron chi connectivity index (χ4n) is 3.35. The fourth-order valence-corrected chi connectivity index (χ4v) is 3.35. The van der Waals surface area contributed by atoms with Gasteiger partial charge in [0.2, 0.25) is 11.8 Å². The number of nitrogens with zero attached hydrogens (tertiary/aromatic N) is 2. The van der Waals surface area contributed by atoms with Gasteiger partial charge in [-0.1, -0.05) is 55.3 Å². The van der Waals surface area contributed by atoms with E-state index in [0.29, 0.717) is 11.7 Å². The lowest BCUT2D eigenvalue weighted by molar-refractivity contribution is -0.127. The molecule has 0 bridgehead atoms. The van der Waals surface area contributed by atoms with Crippen LogP contribution < -0.4 is 11.1 Å². The van der Waals surface area contributed by atoms with Crippen LogP contribution in [-0.2, 0) is 10.3 Å². The molecule has 0 spiro atoms. The minimum Gasteiger partial charge on any atom is -0.343 e. The van der Waals surface area contributed by atoms with Crippen LogP contribution in [0.3, 0.4) is 0 Å². The van der Waals surface area contributed by atoms with Crippen LogP contribution in [0.1, 0.15) is 55.9 Å². The minimum atomic E-state index is -0.528. The van der Waals surface area contributed by atoms with Crippen molar-refractivity contribution in [3.05, 3.63) is 47.6 Å². The number of nitrogens with one attached hydrogen (secondary N) is 1. The summed E-state index contributed by atoms with van der Waals surface area (Å²) in [7, 11) is 0. The molecular weight excluding hydrogens is 304 g/mol. The van der Waals surface area contributed by atoms with Gasteiger partial charge in [0.15, 0.2) is 5.82 Å². The smallest absolute Gasteiger partial charge is 0.225 e. The molecule has 1 heterocycles. The average Bonchev–Trinajstić information content (AvgIpc) is 3.24. The third-order valence-corrected chi connectivity index (χ3v) is 4.91. The molecule has 1 aliphatic carbocycles. The van der Waals surface area contributed by atoms with E-state index in [2.05, 4.69) is 15.5 Å². The quantitative estimate of drug-likeness (QED) is 0.880. The van der Waals surface area contributed by atoms with E-state index in [1.54, 1.807) is 6.92 Å². The topological polar surface area (TPSA) is 94.0 Å². The zero-order valence-corrected chi connectivity index (χ0v) is 14.2. The van der Waals surface area contributed by atoms with Crippen LogP contribution in [0, 0.1) is 12.8 Å². The molecule has 128 valence electrons. The van der Waals surface area contributed by atoms with E-state index in [-0.39, 0.29) is 17.9 Å². The summed E-state index contributed by atoms with van der Waals surface area (Å²) < 4.78 is 5.12. The Morgan fingerprint density at radius 1 is 1.29 bits per heavy atom. The van der Waals surface area contributed by atoms with Gasteiger partial charge in [-0.15, -0.1) is 0 Å². The summed E-state index contributed by atoms with van der Waals surface area (Å²) in [4.78, 5) is 17.2. The number of amides is 1. The molecule has 1 aliphatic rings. The van der Waals surface area contributed by atoms with Crippen molar-refractivity contribution in [2.24, 2.45) is 11.7 Å². The van der Waals surface area contributed by atoms with Crippen LogP contribution in [-0.4, -0.2) is 16.0 Å². The Bertz CT molecular complexity index is 692. The van der Waals surface area contributed by atoms with Gasteiger partial charge >= 0.3 is 0 Å². The number of hydrogen-bond acceptors (Lipinski definition) is 5. The summed E-state index contributed by atoms with van der Waals surface area (Å²) in [6.07, 6.45) is 3.72. The summed E-state index contributed by atoms with van der Waals surface area (Å²) in [5, 5.41) is 7.22. The van der Waals surface area contributed by atoms with Crippen molar-refractivity contribution in [3.63, 3.8) is 0 Å². The van der Waals surface area contributed by atoms with Crippen LogP contribution in [0.2, 0.25) is 0 Å². The van der Waals surface area contributed by atoms with E-state index in [0.717, 1.165) is 31.2 Å². The predicted molar refractivity (Wildman–Crippen MR) is 89.9 cm³/mol. The molecule has 6 nitrogen and oxygen atoms in total. The number of hydrogen-bond donors (Lipinski definition) is 2. The Balaban J connectivity index is 1.76. The van der Waals surface area contributed by atoms with Crippen molar-refractivity contribution < 1.29 is 9.32 Å². The fraction of sp³-hybridized carbons (Fsp3) is 0.500. The molecule has 1 amide bonds. The first-order chi connectivity index (χ1) is 11.5. The van der Waals surface area contributed by atoms with Gasteiger partial charge in [-0.3, -0.25) is 4.79 Å². The van der Waals surface area contributed by atoms with E-state index >= 15 is 0 Å². The molecule has 0 saturated heterocycles. The van der Waals surface area contributed by atoms with Crippen LogP contribution in [0.4, 0.5) is 0 Å². The van der Waals surface area contributed by atoms with Crippen molar-refractivity contribution in [1.29, 1.82) is 0 Å². The van der Waals surface area contributed by atoms with Gasteiger partial charge < -0.3 is 15.6 Å². The molecule has 3 rings (SSSR count). The average molecular weight is 328 g/mol. The summed E-state index contributed by atoms with van der Waals surface area (Å²) in [6, 6.07) is 9.34. The van der Waals surface area contributed by atoms with Gasteiger partial charge in [0.05, 0.1) is 5.92 Å². The van der Waals surface area contributed by atoms with E-state index in [4.69, 9.17) is 10.3 Å². The second kappa shape index (κ2) is 6.73. The number of benzene rings is 1. The van der Waals surface area contributed by atoms with Crippen molar-refractivity contribution in [3.8, 4) is 0 Å². The minimum absolute atomic E-state index is 0.0734. The number of aryl methyl sites for hydroxylation is 1. The van der Waals surface area contributed by atoms with Gasteiger partial charge in [0.25, 0.3) is 0 Å². The highest BCUT2D eigenvalue weighted by atomic mass is 16.5. The predicted octanol–water partition coefficient (Wildman–Crippen LogP) is 2.60. The number of nitrogens with two attached hydrogens (primary N) is 1. The molecule has 3 N–H and O–H groups in total. The Morgan fingerprint density at radius 3 is 2.54 bits per heavy atom. The molecule has 1 aromatic carbocycles. The van der Waals surface area contributed by atoms with Crippen LogP contribution >= 0.6 is 0 Å². The van der Waals surface area contributed by atoms with E-state index in [9.17, 15) is 4.79 Å². The maximum Gasteiger partial charge on any atom is 0.225 e. The number of rotatable bonds is 5. The molecule has 2 aromatic rings. The molecule has 2 unspecified atom stereocenters. The first-order valence-corrected chi connectivity index (χ1v) is 8.45. The van der Waals surface area contributed by atoms with E-state index in [1.807, 2.05) is 37.3 Å². The highest BCUT2D eigenvalue weighted by Gasteiger charge is 2.42. The second-order valence-corrected chi connectivity index (χ2v) is 6.64. The lowest BCUT2D eigenvalue weighted by atomic mass is 9.91. The van der Waals surface area contributed by atoms with Gasteiger partial charge in [-0.25, -0.2) is 0 Å². The first kappa shape index (κ1) is 16.6. The second-order valence-electron chi connectivity index (χ2n) is 6.64. The largest absolute Gasteiger partial charge is 0.343 e. The standard InChI is InChI=1S/C18H24N4O2/c1-12(15(19)14-8-4-3-5-9-14)16(23)21-18(10-6-7-11-18)17-20-13(2)24-22-17/h3-5,8-9,12,15H,6-7,10-11,19H2,1-2H3,(H,21,23). The summed E-state index contributed by atoms with van der Waals surface area (Å²) in [6.45, 7) is 3.62. The van der Waals surface area contributed by atoms with E-state index in [1.165, 1.54) is 0 Å². The van der Waals surface area contributed by atoms with Gasteiger partial charge in [0, 0.05) is 13.0 Å². The normalized spacial score (nSPS) is 19.0. The lowest BCUT2D eigenvalue weighted by Crippen LogP contribution is -2.48. The van der Waals surface area contributed by atoms with Gasteiger partial charge in [-0.05, 0) is 18.4 Å². The monoisotopic (exact) mass is 328 g/mol. The van der Waals surface area contributed by atoms with Crippen molar-refractivity contribution >= 4 is 5.91 Å². The maximum absolute atomic E-state index is 12.8. The Morgan fingerprint density at radius 2 is 1.96 bits per heavy atom. The summed E-state index contributed by atoms with van der Waals surface area (Å²) in [5.41, 5.74) is 6.72.